The Kier molecular flexibility index (Phi) is 3.74. The summed E-state index contributed by atoms with van der Waals surface area (Å²) in [4.78, 5) is 2.36. The van der Waals surface area contributed by atoms with Crippen LogP contribution >= 0.6 is 0 Å². The van der Waals surface area contributed by atoms with Gasteiger partial charge in [0.05, 0.1) is 0 Å². The monoisotopic (exact) mass is 270 g/mol. The van der Waals surface area contributed by atoms with Crippen LogP contribution in [0.15, 0.2) is 30.3 Å². The van der Waals surface area contributed by atoms with Gasteiger partial charge in [-0.2, -0.15) is 5.10 Å². The van der Waals surface area contributed by atoms with Crippen LogP contribution in [0.5, 0.6) is 0 Å². The van der Waals surface area contributed by atoms with Crippen LogP contribution in [-0.4, -0.2) is 29.3 Å². The van der Waals surface area contributed by atoms with Crippen molar-refractivity contribution in [1.29, 1.82) is 0 Å². The topological polar surface area (TPSA) is 57.9 Å². The smallest absolute Gasteiger partial charge is 0.158 e. The average Bonchev–Trinajstić information content (AvgIpc) is 2.93. The third-order valence-corrected chi connectivity index (χ3v) is 4.08. The number of hydrogen-bond donors (Lipinski definition) is 2. The Morgan fingerprint density at radius 3 is 2.60 bits per heavy atom. The van der Waals surface area contributed by atoms with E-state index in [2.05, 4.69) is 52.4 Å². The molecular formula is C16H22N4. The first kappa shape index (κ1) is 13.2. The largest absolute Gasteiger partial charge is 0.355 e. The quantitative estimate of drug-likeness (QED) is 0.901. The molecule has 1 aromatic carbocycles. The SMILES string of the molecule is CCc1[nH]nc(N2CCC(N)CC2)c1-c1ccccc1. The molecule has 1 aliphatic rings. The third kappa shape index (κ3) is 2.43. The Balaban J connectivity index is 1.98. The lowest BCUT2D eigenvalue weighted by atomic mass is 10.0. The van der Waals surface area contributed by atoms with Crippen molar-refractivity contribution in [3.8, 4) is 11.1 Å². The molecule has 20 heavy (non-hydrogen) atoms. The van der Waals surface area contributed by atoms with Gasteiger partial charge in [-0.3, -0.25) is 5.10 Å². The summed E-state index contributed by atoms with van der Waals surface area (Å²) in [6, 6.07) is 10.9. The molecule has 1 saturated heterocycles. The number of nitrogens with zero attached hydrogens (tertiary/aromatic N) is 2. The highest BCUT2D eigenvalue weighted by Gasteiger charge is 2.23. The summed E-state index contributed by atoms with van der Waals surface area (Å²) in [6.07, 6.45) is 3.05. The number of anilines is 1. The molecule has 0 spiro atoms. The fourth-order valence-electron chi connectivity index (χ4n) is 2.87. The van der Waals surface area contributed by atoms with Crippen LogP contribution in [-0.2, 0) is 6.42 Å². The van der Waals surface area contributed by atoms with Gasteiger partial charge in [0, 0.05) is 30.4 Å². The van der Waals surface area contributed by atoms with Gasteiger partial charge >= 0.3 is 0 Å². The van der Waals surface area contributed by atoms with Gasteiger partial charge in [-0.05, 0) is 24.8 Å². The lowest BCUT2D eigenvalue weighted by Gasteiger charge is -2.31. The van der Waals surface area contributed by atoms with Crippen molar-refractivity contribution in [2.45, 2.75) is 32.2 Å². The maximum absolute atomic E-state index is 6.00. The van der Waals surface area contributed by atoms with Crippen molar-refractivity contribution in [2.75, 3.05) is 18.0 Å². The number of piperidine rings is 1. The minimum atomic E-state index is 0.344. The standard InChI is InChI=1S/C16H22N4/c1-2-14-15(12-6-4-3-5-7-12)16(19-18-14)20-10-8-13(17)9-11-20/h3-7,13H,2,8-11,17H2,1H3,(H,18,19). The normalized spacial score (nSPS) is 16.6. The van der Waals surface area contributed by atoms with E-state index in [1.54, 1.807) is 0 Å². The maximum atomic E-state index is 6.00. The van der Waals surface area contributed by atoms with Crippen LogP contribution in [0.4, 0.5) is 5.82 Å². The molecule has 1 fully saturated rings. The Bertz CT molecular complexity index is 553. The number of nitrogens with one attached hydrogen (secondary N) is 1. The predicted octanol–water partition coefficient (Wildman–Crippen LogP) is 2.57. The molecule has 2 aromatic rings. The van der Waals surface area contributed by atoms with E-state index in [1.165, 1.54) is 16.8 Å². The highest BCUT2D eigenvalue weighted by molar-refractivity contribution is 5.78. The predicted molar refractivity (Wildman–Crippen MR) is 82.8 cm³/mol. The van der Waals surface area contributed by atoms with Crippen molar-refractivity contribution in [2.24, 2.45) is 5.73 Å². The van der Waals surface area contributed by atoms with Gasteiger partial charge in [-0.15, -0.1) is 0 Å². The summed E-state index contributed by atoms with van der Waals surface area (Å²) in [5.74, 6) is 1.08. The lowest BCUT2D eigenvalue weighted by molar-refractivity contribution is 0.498. The Labute approximate surface area is 120 Å². The minimum Gasteiger partial charge on any atom is -0.355 e. The second kappa shape index (κ2) is 5.67. The molecule has 0 amide bonds. The molecule has 1 aromatic heterocycles. The number of aromatic nitrogens is 2. The second-order valence-corrected chi connectivity index (χ2v) is 5.44. The number of aromatic amines is 1. The van der Waals surface area contributed by atoms with E-state index in [4.69, 9.17) is 5.73 Å². The highest BCUT2D eigenvalue weighted by Crippen LogP contribution is 2.33. The summed E-state index contributed by atoms with van der Waals surface area (Å²) >= 11 is 0. The van der Waals surface area contributed by atoms with Crippen LogP contribution in [0.1, 0.15) is 25.5 Å². The van der Waals surface area contributed by atoms with E-state index in [0.29, 0.717) is 6.04 Å². The molecule has 0 radical (unpaired) electrons. The van der Waals surface area contributed by atoms with Gasteiger partial charge in [0.15, 0.2) is 5.82 Å². The molecule has 0 atom stereocenters. The van der Waals surface area contributed by atoms with Crippen molar-refractivity contribution in [3.05, 3.63) is 36.0 Å². The summed E-state index contributed by atoms with van der Waals surface area (Å²) in [6.45, 7) is 4.15. The minimum absolute atomic E-state index is 0.344. The van der Waals surface area contributed by atoms with Gasteiger partial charge in [0.25, 0.3) is 0 Å². The van der Waals surface area contributed by atoms with Crippen LogP contribution < -0.4 is 10.6 Å². The fourth-order valence-corrected chi connectivity index (χ4v) is 2.87. The summed E-state index contributed by atoms with van der Waals surface area (Å²) in [5.41, 5.74) is 9.70. The molecular weight excluding hydrogens is 248 g/mol. The van der Waals surface area contributed by atoms with Crippen LogP contribution in [0.2, 0.25) is 0 Å². The summed E-state index contributed by atoms with van der Waals surface area (Å²) < 4.78 is 0. The van der Waals surface area contributed by atoms with Crippen LogP contribution in [0.3, 0.4) is 0 Å². The average molecular weight is 270 g/mol. The molecule has 0 aliphatic carbocycles. The van der Waals surface area contributed by atoms with E-state index < -0.39 is 0 Å². The molecule has 3 rings (SSSR count). The molecule has 1 aliphatic heterocycles. The number of aryl methyl sites for hydroxylation is 1. The molecule has 4 nitrogen and oxygen atoms in total. The Morgan fingerprint density at radius 1 is 1.25 bits per heavy atom. The first-order valence-corrected chi connectivity index (χ1v) is 7.42. The molecule has 3 N–H and O–H groups in total. The van der Waals surface area contributed by atoms with Gasteiger partial charge in [-0.1, -0.05) is 37.3 Å². The molecule has 0 saturated carbocycles. The molecule has 0 bridgehead atoms. The number of H-pyrrole nitrogens is 1. The van der Waals surface area contributed by atoms with Crippen LogP contribution in [0, 0.1) is 0 Å². The molecule has 106 valence electrons. The molecule has 2 heterocycles. The van der Waals surface area contributed by atoms with Crippen molar-refractivity contribution >= 4 is 5.82 Å². The zero-order chi connectivity index (χ0) is 13.9. The first-order chi connectivity index (χ1) is 9.79. The zero-order valence-electron chi connectivity index (χ0n) is 12.0. The van der Waals surface area contributed by atoms with E-state index in [9.17, 15) is 0 Å². The van der Waals surface area contributed by atoms with Gasteiger partial charge < -0.3 is 10.6 Å². The van der Waals surface area contributed by atoms with E-state index in [1.807, 2.05) is 0 Å². The third-order valence-electron chi connectivity index (χ3n) is 4.08. The maximum Gasteiger partial charge on any atom is 0.158 e. The fraction of sp³-hybridized carbons (Fsp3) is 0.438. The molecule has 4 heteroatoms. The number of nitrogens with two attached hydrogens (primary N) is 1. The number of hydrogen-bond acceptors (Lipinski definition) is 3. The van der Waals surface area contributed by atoms with Gasteiger partial charge in [0.1, 0.15) is 0 Å². The van der Waals surface area contributed by atoms with Crippen molar-refractivity contribution < 1.29 is 0 Å². The Morgan fingerprint density at radius 2 is 1.95 bits per heavy atom. The molecule has 0 unspecified atom stereocenters. The van der Waals surface area contributed by atoms with Crippen molar-refractivity contribution in [3.63, 3.8) is 0 Å². The Hall–Kier alpha value is -1.81. The number of benzene rings is 1. The zero-order valence-corrected chi connectivity index (χ0v) is 12.0. The second-order valence-electron chi connectivity index (χ2n) is 5.44. The van der Waals surface area contributed by atoms with E-state index >= 15 is 0 Å². The van der Waals surface area contributed by atoms with Crippen molar-refractivity contribution in [1.82, 2.24) is 10.2 Å². The van der Waals surface area contributed by atoms with Crippen LogP contribution in [0.25, 0.3) is 11.1 Å². The summed E-state index contributed by atoms with van der Waals surface area (Å²) in [5, 5.41) is 7.78. The summed E-state index contributed by atoms with van der Waals surface area (Å²) in [7, 11) is 0. The number of rotatable bonds is 3. The van der Waals surface area contributed by atoms with Gasteiger partial charge in [0.2, 0.25) is 0 Å². The lowest BCUT2D eigenvalue weighted by Crippen LogP contribution is -2.40. The highest BCUT2D eigenvalue weighted by atomic mass is 15.3. The van der Waals surface area contributed by atoms with Gasteiger partial charge in [-0.25, -0.2) is 0 Å². The van der Waals surface area contributed by atoms with E-state index in [0.717, 1.165) is 38.2 Å². The first-order valence-electron chi connectivity index (χ1n) is 7.42. The van der Waals surface area contributed by atoms with E-state index in [-0.39, 0.29) is 0 Å².